The Morgan fingerprint density at radius 2 is 1.74 bits per heavy atom. The Balaban J connectivity index is 1.17. The van der Waals surface area contributed by atoms with Crippen LogP contribution in [0.5, 0.6) is 0 Å². The van der Waals surface area contributed by atoms with Crippen LogP contribution in [0.2, 0.25) is 0 Å². The lowest BCUT2D eigenvalue weighted by molar-refractivity contribution is -0.120. The molecule has 1 aliphatic rings. The van der Waals surface area contributed by atoms with Crippen LogP contribution in [0.15, 0.2) is 54.6 Å². The van der Waals surface area contributed by atoms with E-state index in [9.17, 15) is 4.79 Å². The lowest BCUT2D eigenvalue weighted by Crippen LogP contribution is -2.48. The van der Waals surface area contributed by atoms with Gasteiger partial charge in [-0.15, -0.1) is 0 Å². The number of aromatic nitrogens is 2. The van der Waals surface area contributed by atoms with E-state index in [2.05, 4.69) is 50.7 Å². The van der Waals surface area contributed by atoms with Crippen LogP contribution in [-0.2, 0) is 17.6 Å². The summed E-state index contributed by atoms with van der Waals surface area (Å²) in [5.74, 6) is 0.979. The molecule has 1 saturated heterocycles. The number of hydrogen-bond donors (Lipinski definition) is 1. The van der Waals surface area contributed by atoms with Crippen LogP contribution in [0.1, 0.15) is 22.5 Å². The third-order valence-electron chi connectivity index (χ3n) is 5.54. The number of amides is 1. The molecule has 0 bridgehead atoms. The summed E-state index contributed by atoms with van der Waals surface area (Å²) in [5, 5.41) is 4.05. The number of aryl methyl sites for hydroxylation is 1. The molecule has 3 aromatic rings. The highest BCUT2D eigenvalue weighted by atomic mass is 32.1. The van der Waals surface area contributed by atoms with Crippen LogP contribution in [0.25, 0.3) is 0 Å². The van der Waals surface area contributed by atoms with E-state index < -0.39 is 0 Å². The van der Waals surface area contributed by atoms with Crippen LogP contribution in [0, 0.1) is 6.92 Å². The molecule has 2 heterocycles. The zero-order chi connectivity index (χ0) is 21.5. The fraction of sp³-hybridized carbons (Fsp3) is 0.375. The third-order valence-corrected chi connectivity index (χ3v) is 6.36. The molecule has 1 fully saturated rings. The molecule has 0 aliphatic carbocycles. The zero-order valence-corrected chi connectivity index (χ0v) is 18.8. The van der Waals surface area contributed by atoms with Crippen molar-refractivity contribution in [1.29, 1.82) is 0 Å². The first kappa shape index (κ1) is 21.5. The molecule has 31 heavy (non-hydrogen) atoms. The van der Waals surface area contributed by atoms with Crippen molar-refractivity contribution in [3.63, 3.8) is 0 Å². The average molecular weight is 436 g/mol. The van der Waals surface area contributed by atoms with Gasteiger partial charge in [0.25, 0.3) is 0 Å². The molecule has 0 saturated carbocycles. The first-order valence-electron chi connectivity index (χ1n) is 10.8. The first-order chi connectivity index (χ1) is 15.2. The largest absolute Gasteiger partial charge is 0.355 e. The number of piperazine rings is 1. The minimum absolute atomic E-state index is 0.0831. The molecule has 0 radical (unpaired) electrons. The van der Waals surface area contributed by atoms with Gasteiger partial charge in [0.1, 0.15) is 5.82 Å². The standard InChI is InChI=1S/C24H29N5OS/c1-19-7-9-21(10-8-19)17-22-26-24(31-27-22)29-15-13-28(14-16-29)12-11-25-23(30)18-20-5-3-2-4-6-20/h2-10H,11-18H2,1H3,(H,25,30). The highest BCUT2D eigenvalue weighted by molar-refractivity contribution is 7.09. The second-order valence-corrected chi connectivity index (χ2v) is 8.73. The van der Waals surface area contributed by atoms with Gasteiger partial charge in [0.05, 0.1) is 6.42 Å². The van der Waals surface area contributed by atoms with Gasteiger partial charge in [0, 0.05) is 57.2 Å². The van der Waals surface area contributed by atoms with Gasteiger partial charge in [0.15, 0.2) is 0 Å². The maximum Gasteiger partial charge on any atom is 0.224 e. The fourth-order valence-corrected chi connectivity index (χ4v) is 4.43. The number of nitrogens with one attached hydrogen (secondary N) is 1. The quantitative estimate of drug-likeness (QED) is 0.590. The van der Waals surface area contributed by atoms with Crippen molar-refractivity contribution in [3.05, 3.63) is 77.1 Å². The lowest BCUT2D eigenvalue weighted by Gasteiger charge is -2.34. The van der Waals surface area contributed by atoms with Gasteiger partial charge in [-0.3, -0.25) is 9.69 Å². The Morgan fingerprint density at radius 3 is 2.48 bits per heavy atom. The Kier molecular flexibility index (Phi) is 7.27. The average Bonchev–Trinajstić information content (AvgIpc) is 3.25. The highest BCUT2D eigenvalue weighted by Crippen LogP contribution is 2.20. The summed E-state index contributed by atoms with van der Waals surface area (Å²) in [6, 6.07) is 18.4. The smallest absolute Gasteiger partial charge is 0.224 e. The van der Waals surface area contributed by atoms with Crippen molar-refractivity contribution in [2.75, 3.05) is 44.2 Å². The number of rotatable bonds is 8. The number of anilines is 1. The molecule has 1 aliphatic heterocycles. The summed E-state index contributed by atoms with van der Waals surface area (Å²) in [6.45, 7) is 7.49. The molecular weight excluding hydrogens is 406 g/mol. The van der Waals surface area contributed by atoms with Crippen molar-refractivity contribution in [1.82, 2.24) is 19.6 Å². The molecule has 2 aromatic carbocycles. The Labute approximate surface area is 188 Å². The Morgan fingerprint density at radius 1 is 1.00 bits per heavy atom. The van der Waals surface area contributed by atoms with Gasteiger partial charge < -0.3 is 10.2 Å². The van der Waals surface area contributed by atoms with Crippen LogP contribution in [0.4, 0.5) is 5.13 Å². The third kappa shape index (κ3) is 6.35. The maximum absolute atomic E-state index is 12.1. The molecule has 0 spiro atoms. The number of hydrogen-bond acceptors (Lipinski definition) is 6. The minimum atomic E-state index is 0.0831. The molecule has 4 rings (SSSR count). The summed E-state index contributed by atoms with van der Waals surface area (Å²) < 4.78 is 4.56. The normalized spacial score (nSPS) is 14.5. The van der Waals surface area contributed by atoms with Gasteiger partial charge >= 0.3 is 0 Å². The zero-order valence-electron chi connectivity index (χ0n) is 18.0. The summed E-state index contributed by atoms with van der Waals surface area (Å²) in [7, 11) is 0. The van der Waals surface area contributed by atoms with Crippen LogP contribution < -0.4 is 10.2 Å². The molecule has 0 atom stereocenters. The van der Waals surface area contributed by atoms with Gasteiger partial charge in [-0.05, 0) is 18.1 Å². The SMILES string of the molecule is Cc1ccc(Cc2nsc(N3CCN(CCNC(=O)Cc4ccccc4)CC3)n2)cc1. The number of carbonyl (C=O) groups is 1. The van der Waals surface area contributed by atoms with Gasteiger partial charge in [0.2, 0.25) is 11.0 Å². The Bertz CT molecular complexity index is 965. The summed E-state index contributed by atoms with van der Waals surface area (Å²) in [4.78, 5) is 21.6. The number of benzene rings is 2. The van der Waals surface area contributed by atoms with Crippen molar-refractivity contribution in [3.8, 4) is 0 Å². The first-order valence-corrected chi connectivity index (χ1v) is 11.6. The monoisotopic (exact) mass is 435 g/mol. The van der Waals surface area contributed by atoms with E-state index in [-0.39, 0.29) is 5.91 Å². The molecule has 1 N–H and O–H groups in total. The number of nitrogens with zero attached hydrogens (tertiary/aromatic N) is 4. The second kappa shape index (κ2) is 10.5. The van der Waals surface area contributed by atoms with E-state index >= 15 is 0 Å². The molecule has 0 unspecified atom stereocenters. The van der Waals surface area contributed by atoms with Crippen LogP contribution in [-0.4, -0.2) is 59.4 Å². The van der Waals surface area contributed by atoms with E-state index in [1.54, 1.807) is 0 Å². The fourth-order valence-electron chi connectivity index (χ4n) is 3.69. The van der Waals surface area contributed by atoms with Gasteiger partial charge in [-0.2, -0.15) is 4.37 Å². The van der Waals surface area contributed by atoms with Crippen molar-refractivity contribution >= 4 is 22.6 Å². The predicted octanol–water partition coefficient (Wildman–Crippen LogP) is 2.92. The lowest BCUT2D eigenvalue weighted by atomic mass is 10.1. The Hall–Kier alpha value is -2.77. The minimum Gasteiger partial charge on any atom is -0.355 e. The van der Waals surface area contributed by atoms with E-state index in [1.165, 1.54) is 22.7 Å². The second-order valence-electron chi connectivity index (χ2n) is 8.00. The van der Waals surface area contributed by atoms with Gasteiger partial charge in [-0.1, -0.05) is 60.2 Å². The van der Waals surface area contributed by atoms with Gasteiger partial charge in [-0.25, -0.2) is 4.98 Å². The molecule has 1 aromatic heterocycles. The predicted molar refractivity (Wildman–Crippen MR) is 126 cm³/mol. The molecule has 162 valence electrons. The molecule has 7 heteroatoms. The van der Waals surface area contributed by atoms with Crippen molar-refractivity contribution in [2.24, 2.45) is 0 Å². The van der Waals surface area contributed by atoms with Crippen LogP contribution >= 0.6 is 11.5 Å². The highest BCUT2D eigenvalue weighted by Gasteiger charge is 2.20. The summed E-state index contributed by atoms with van der Waals surface area (Å²) >= 11 is 1.49. The maximum atomic E-state index is 12.1. The van der Waals surface area contributed by atoms with E-state index in [1.807, 2.05) is 30.3 Å². The van der Waals surface area contributed by atoms with E-state index in [4.69, 9.17) is 4.98 Å². The van der Waals surface area contributed by atoms with E-state index in [0.717, 1.165) is 55.7 Å². The molecule has 6 nitrogen and oxygen atoms in total. The topological polar surface area (TPSA) is 61.4 Å². The van der Waals surface area contributed by atoms with Crippen molar-refractivity contribution < 1.29 is 4.79 Å². The summed E-state index contributed by atoms with van der Waals surface area (Å²) in [5.41, 5.74) is 3.56. The van der Waals surface area contributed by atoms with Crippen LogP contribution in [0.3, 0.4) is 0 Å². The number of carbonyl (C=O) groups excluding carboxylic acids is 1. The van der Waals surface area contributed by atoms with E-state index in [0.29, 0.717) is 13.0 Å². The van der Waals surface area contributed by atoms with Crippen molar-refractivity contribution in [2.45, 2.75) is 19.8 Å². The summed E-state index contributed by atoms with van der Waals surface area (Å²) in [6.07, 6.45) is 1.22. The molecule has 1 amide bonds. The molecular formula is C24H29N5OS.